The number of aryl methyl sites for hydroxylation is 2. The largest absolute Gasteiger partial charge is 0.296 e. The molecule has 0 aliphatic carbocycles. The fraction of sp³-hybridized carbons (Fsp3) is 0.538. The smallest absolute Gasteiger partial charge is 0.0722 e. The van der Waals surface area contributed by atoms with Gasteiger partial charge in [0.15, 0.2) is 0 Å². The van der Waals surface area contributed by atoms with E-state index in [0.717, 1.165) is 12.0 Å². The lowest BCUT2D eigenvalue weighted by atomic mass is 10.0. The van der Waals surface area contributed by atoms with Crippen molar-refractivity contribution in [2.45, 2.75) is 33.1 Å². The maximum atomic E-state index is 4.33. The predicted octanol–water partition coefficient (Wildman–Crippen LogP) is 2.87. The van der Waals surface area contributed by atoms with Crippen molar-refractivity contribution < 1.29 is 0 Å². The molecule has 1 aromatic rings. The molecule has 0 fully saturated rings. The van der Waals surface area contributed by atoms with Crippen LogP contribution < -0.4 is 0 Å². The quantitative estimate of drug-likeness (QED) is 0.700. The second kappa shape index (κ2) is 6.26. The maximum absolute atomic E-state index is 4.33. The number of hydrogen-bond acceptors (Lipinski definition) is 2. The van der Waals surface area contributed by atoms with Crippen LogP contribution in [0.25, 0.3) is 5.57 Å². The molecular formula is C13H21N3. The summed E-state index contributed by atoms with van der Waals surface area (Å²) in [5.41, 5.74) is 3.66. The van der Waals surface area contributed by atoms with Crippen molar-refractivity contribution in [3.8, 4) is 0 Å². The van der Waals surface area contributed by atoms with E-state index in [1.54, 1.807) is 7.05 Å². The Labute approximate surface area is 97.9 Å². The summed E-state index contributed by atoms with van der Waals surface area (Å²) >= 11 is 0. The third kappa shape index (κ3) is 2.81. The molecule has 0 atom stereocenters. The predicted molar refractivity (Wildman–Crippen MR) is 69.9 cm³/mol. The standard InChI is InChI=1S/C13H21N3/c1-5-7-8-12-10-15-16(4)13(12)11(6-2)9-14-3/h6,9-10H,5,7-8H2,1-4H3. The molecule has 0 aliphatic rings. The highest BCUT2D eigenvalue weighted by atomic mass is 15.3. The minimum atomic E-state index is 1.09. The van der Waals surface area contributed by atoms with Gasteiger partial charge in [-0.15, -0.1) is 0 Å². The molecule has 0 radical (unpaired) electrons. The van der Waals surface area contributed by atoms with Crippen molar-refractivity contribution in [1.82, 2.24) is 9.78 Å². The van der Waals surface area contributed by atoms with Gasteiger partial charge in [-0.2, -0.15) is 5.10 Å². The summed E-state index contributed by atoms with van der Waals surface area (Å²) in [5.74, 6) is 0. The Hall–Kier alpha value is -1.38. The molecule has 0 amide bonds. The molecule has 0 spiro atoms. The summed E-state index contributed by atoms with van der Waals surface area (Å²) in [4.78, 5) is 4.09. The molecule has 1 heterocycles. The Morgan fingerprint density at radius 1 is 1.56 bits per heavy atom. The average molecular weight is 219 g/mol. The zero-order valence-corrected chi connectivity index (χ0v) is 10.7. The highest BCUT2D eigenvalue weighted by Gasteiger charge is 2.10. The normalized spacial score (nSPS) is 12.6. The van der Waals surface area contributed by atoms with Gasteiger partial charge in [-0.05, 0) is 25.3 Å². The van der Waals surface area contributed by atoms with Crippen LogP contribution in [-0.4, -0.2) is 23.0 Å². The summed E-state index contributed by atoms with van der Waals surface area (Å²) in [6.07, 6.45) is 9.46. The van der Waals surface area contributed by atoms with Crippen LogP contribution in [0.3, 0.4) is 0 Å². The Morgan fingerprint density at radius 2 is 2.31 bits per heavy atom. The van der Waals surface area contributed by atoms with Gasteiger partial charge in [-0.3, -0.25) is 9.67 Å². The number of aliphatic imine (C=N–C) groups is 1. The molecule has 0 saturated carbocycles. The molecule has 0 N–H and O–H groups in total. The van der Waals surface area contributed by atoms with E-state index in [1.807, 2.05) is 31.1 Å². The highest BCUT2D eigenvalue weighted by molar-refractivity contribution is 6.09. The van der Waals surface area contributed by atoms with Crippen molar-refractivity contribution in [3.63, 3.8) is 0 Å². The molecule has 0 aliphatic heterocycles. The van der Waals surface area contributed by atoms with Crippen molar-refractivity contribution >= 4 is 11.8 Å². The third-order valence-corrected chi connectivity index (χ3v) is 2.67. The lowest BCUT2D eigenvalue weighted by molar-refractivity contribution is 0.752. The Kier molecular flexibility index (Phi) is 4.96. The molecular weight excluding hydrogens is 198 g/mol. The minimum absolute atomic E-state index is 1.09. The molecule has 1 aromatic heterocycles. The second-order valence-electron chi connectivity index (χ2n) is 3.88. The van der Waals surface area contributed by atoms with Gasteiger partial charge >= 0.3 is 0 Å². The highest BCUT2D eigenvalue weighted by Crippen LogP contribution is 2.19. The number of rotatable bonds is 5. The first-order valence-electron chi connectivity index (χ1n) is 5.84. The van der Waals surface area contributed by atoms with Crippen LogP contribution in [0.4, 0.5) is 0 Å². The van der Waals surface area contributed by atoms with E-state index in [-0.39, 0.29) is 0 Å². The first-order valence-corrected chi connectivity index (χ1v) is 5.84. The topological polar surface area (TPSA) is 30.2 Å². The molecule has 0 unspecified atom stereocenters. The van der Waals surface area contributed by atoms with Crippen molar-refractivity contribution in [3.05, 3.63) is 23.5 Å². The van der Waals surface area contributed by atoms with Crippen LogP contribution in [0.5, 0.6) is 0 Å². The lowest BCUT2D eigenvalue weighted by Crippen LogP contribution is -2.01. The molecule has 0 bridgehead atoms. The minimum Gasteiger partial charge on any atom is -0.296 e. The van der Waals surface area contributed by atoms with Crippen LogP contribution in [0.1, 0.15) is 37.9 Å². The van der Waals surface area contributed by atoms with E-state index in [1.165, 1.54) is 24.1 Å². The van der Waals surface area contributed by atoms with E-state index in [9.17, 15) is 0 Å². The van der Waals surface area contributed by atoms with E-state index in [4.69, 9.17) is 0 Å². The summed E-state index contributed by atoms with van der Waals surface area (Å²) in [5, 5.41) is 4.33. The number of unbranched alkanes of at least 4 members (excludes halogenated alkanes) is 1. The van der Waals surface area contributed by atoms with Crippen LogP contribution >= 0.6 is 0 Å². The zero-order valence-electron chi connectivity index (χ0n) is 10.7. The van der Waals surface area contributed by atoms with Crippen LogP contribution in [0, 0.1) is 0 Å². The van der Waals surface area contributed by atoms with E-state index >= 15 is 0 Å². The van der Waals surface area contributed by atoms with Crippen LogP contribution in [-0.2, 0) is 13.5 Å². The van der Waals surface area contributed by atoms with Gasteiger partial charge in [-0.25, -0.2) is 0 Å². The Bertz CT molecular complexity index is 386. The SMILES string of the molecule is CC=C(C=NC)c1c(CCCC)cnn1C. The summed E-state index contributed by atoms with van der Waals surface area (Å²) in [7, 11) is 3.78. The van der Waals surface area contributed by atoms with Gasteiger partial charge < -0.3 is 0 Å². The Morgan fingerprint density at radius 3 is 2.88 bits per heavy atom. The van der Waals surface area contributed by atoms with Gasteiger partial charge in [0.25, 0.3) is 0 Å². The maximum Gasteiger partial charge on any atom is 0.0722 e. The Balaban J connectivity index is 3.05. The molecule has 0 saturated heterocycles. The van der Waals surface area contributed by atoms with Crippen molar-refractivity contribution in [1.29, 1.82) is 0 Å². The summed E-state index contributed by atoms with van der Waals surface area (Å²) in [6, 6.07) is 0. The fourth-order valence-electron chi connectivity index (χ4n) is 1.82. The first-order chi connectivity index (χ1) is 7.74. The summed E-state index contributed by atoms with van der Waals surface area (Å²) < 4.78 is 1.93. The second-order valence-corrected chi connectivity index (χ2v) is 3.88. The van der Waals surface area contributed by atoms with Crippen LogP contribution in [0.15, 0.2) is 17.3 Å². The molecule has 3 heteroatoms. The molecule has 0 aromatic carbocycles. The lowest BCUT2D eigenvalue weighted by Gasteiger charge is -2.06. The number of hydrogen-bond donors (Lipinski definition) is 0. The van der Waals surface area contributed by atoms with Gasteiger partial charge in [0.1, 0.15) is 0 Å². The molecule has 88 valence electrons. The van der Waals surface area contributed by atoms with E-state index in [2.05, 4.69) is 23.1 Å². The number of nitrogens with zero attached hydrogens (tertiary/aromatic N) is 3. The van der Waals surface area contributed by atoms with E-state index < -0.39 is 0 Å². The van der Waals surface area contributed by atoms with Crippen LogP contribution in [0.2, 0.25) is 0 Å². The zero-order chi connectivity index (χ0) is 12.0. The van der Waals surface area contributed by atoms with E-state index in [0.29, 0.717) is 0 Å². The molecule has 16 heavy (non-hydrogen) atoms. The van der Waals surface area contributed by atoms with Gasteiger partial charge in [-0.1, -0.05) is 19.4 Å². The third-order valence-electron chi connectivity index (χ3n) is 2.67. The fourth-order valence-corrected chi connectivity index (χ4v) is 1.82. The van der Waals surface area contributed by atoms with Crippen molar-refractivity contribution in [2.24, 2.45) is 12.0 Å². The first kappa shape index (κ1) is 12.7. The average Bonchev–Trinajstić information content (AvgIpc) is 2.65. The van der Waals surface area contributed by atoms with Gasteiger partial charge in [0, 0.05) is 25.9 Å². The monoisotopic (exact) mass is 219 g/mol. The van der Waals surface area contributed by atoms with Gasteiger partial charge in [0.05, 0.1) is 11.9 Å². The van der Waals surface area contributed by atoms with Gasteiger partial charge in [0.2, 0.25) is 0 Å². The van der Waals surface area contributed by atoms with Crippen molar-refractivity contribution in [2.75, 3.05) is 7.05 Å². The number of aromatic nitrogens is 2. The number of allylic oxidation sites excluding steroid dienone is 2. The summed E-state index contributed by atoms with van der Waals surface area (Å²) in [6.45, 7) is 4.24. The molecule has 3 nitrogen and oxygen atoms in total. The molecule has 1 rings (SSSR count).